The van der Waals surface area contributed by atoms with Crippen molar-refractivity contribution in [1.29, 1.82) is 0 Å². The second-order valence-electron chi connectivity index (χ2n) is 3.71. The van der Waals surface area contributed by atoms with E-state index in [4.69, 9.17) is 22.1 Å². The summed E-state index contributed by atoms with van der Waals surface area (Å²) in [5, 5.41) is 0.433. The fourth-order valence-corrected chi connectivity index (χ4v) is 2.05. The van der Waals surface area contributed by atoms with Crippen LogP contribution in [0.25, 0.3) is 0 Å². The lowest BCUT2D eigenvalue weighted by Gasteiger charge is -2.10. The van der Waals surface area contributed by atoms with Crippen molar-refractivity contribution >= 4 is 33.2 Å². The maximum absolute atomic E-state index is 13.1. The molecule has 2 rings (SSSR count). The van der Waals surface area contributed by atoms with Gasteiger partial charge in [0.1, 0.15) is 18.2 Å². The molecule has 0 bridgehead atoms. The van der Waals surface area contributed by atoms with Crippen LogP contribution in [0.5, 0.6) is 5.75 Å². The zero-order valence-corrected chi connectivity index (χ0v) is 11.6. The monoisotopic (exact) mass is 329 g/mol. The Morgan fingerprint density at radius 2 is 2.00 bits per heavy atom. The molecule has 0 unspecified atom stereocenters. The van der Waals surface area contributed by atoms with Gasteiger partial charge in [0, 0.05) is 15.7 Å². The van der Waals surface area contributed by atoms with Gasteiger partial charge >= 0.3 is 0 Å². The third-order valence-corrected chi connectivity index (χ3v) is 3.42. The van der Waals surface area contributed by atoms with Crippen LogP contribution in [0.3, 0.4) is 0 Å². The number of anilines is 1. The van der Waals surface area contributed by atoms with Crippen LogP contribution in [0.2, 0.25) is 5.02 Å². The lowest BCUT2D eigenvalue weighted by atomic mass is 10.2. The van der Waals surface area contributed by atoms with Gasteiger partial charge in [-0.3, -0.25) is 0 Å². The Morgan fingerprint density at radius 3 is 2.72 bits per heavy atom. The molecule has 0 aliphatic carbocycles. The van der Waals surface area contributed by atoms with Gasteiger partial charge in [0.2, 0.25) is 0 Å². The molecule has 18 heavy (non-hydrogen) atoms. The largest absolute Gasteiger partial charge is 0.487 e. The van der Waals surface area contributed by atoms with Gasteiger partial charge in [0.05, 0.1) is 5.02 Å². The molecule has 0 amide bonds. The lowest BCUT2D eigenvalue weighted by Crippen LogP contribution is -1.98. The minimum absolute atomic E-state index is 0.224. The third kappa shape index (κ3) is 3.15. The smallest absolute Gasteiger partial charge is 0.138 e. The van der Waals surface area contributed by atoms with Crippen molar-refractivity contribution in [2.45, 2.75) is 6.61 Å². The summed E-state index contributed by atoms with van der Waals surface area (Å²) in [5.41, 5.74) is 6.86. The van der Waals surface area contributed by atoms with E-state index >= 15 is 0 Å². The molecule has 0 radical (unpaired) electrons. The van der Waals surface area contributed by atoms with Crippen molar-refractivity contribution in [1.82, 2.24) is 0 Å². The predicted molar refractivity (Wildman–Crippen MR) is 74.3 cm³/mol. The Hall–Kier alpha value is -1.26. The summed E-state index contributed by atoms with van der Waals surface area (Å²) in [7, 11) is 0. The molecule has 0 heterocycles. The number of ether oxygens (including phenoxy) is 1. The van der Waals surface area contributed by atoms with Gasteiger partial charge in [-0.15, -0.1) is 0 Å². The van der Waals surface area contributed by atoms with E-state index in [1.807, 2.05) is 0 Å². The predicted octanol–water partition coefficient (Wildman–Crippen LogP) is 4.40. The molecule has 0 saturated heterocycles. The standard InChI is InChI=1S/C13H10BrClFNO/c14-11-3-1-9(16)5-8(11)7-18-13-4-2-10(17)6-12(13)15/h1-6H,7,17H2. The van der Waals surface area contributed by atoms with Gasteiger partial charge < -0.3 is 10.5 Å². The highest BCUT2D eigenvalue weighted by molar-refractivity contribution is 9.10. The van der Waals surface area contributed by atoms with Gasteiger partial charge in [-0.25, -0.2) is 4.39 Å². The van der Waals surface area contributed by atoms with Crippen LogP contribution in [0.4, 0.5) is 10.1 Å². The van der Waals surface area contributed by atoms with Crippen LogP contribution < -0.4 is 10.5 Å². The highest BCUT2D eigenvalue weighted by Crippen LogP contribution is 2.28. The number of hydrogen-bond donors (Lipinski definition) is 1. The van der Waals surface area contributed by atoms with E-state index in [-0.39, 0.29) is 12.4 Å². The minimum atomic E-state index is -0.305. The molecular weight excluding hydrogens is 321 g/mol. The summed E-state index contributed by atoms with van der Waals surface area (Å²) >= 11 is 9.31. The molecule has 0 fully saturated rings. The highest BCUT2D eigenvalue weighted by Gasteiger charge is 2.05. The lowest BCUT2D eigenvalue weighted by molar-refractivity contribution is 0.305. The van der Waals surface area contributed by atoms with E-state index in [0.717, 1.165) is 4.47 Å². The normalized spacial score (nSPS) is 10.4. The van der Waals surface area contributed by atoms with E-state index < -0.39 is 0 Å². The van der Waals surface area contributed by atoms with Crippen LogP contribution in [0.1, 0.15) is 5.56 Å². The number of benzene rings is 2. The zero-order valence-electron chi connectivity index (χ0n) is 9.29. The number of rotatable bonds is 3. The van der Waals surface area contributed by atoms with Crippen LogP contribution in [0, 0.1) is 5.82 Å². The SMILES string of the molecule is Nc1ccc(OCc2cc(F)ccc2Br)c(Cl)c1. The van der Waals surface area contributed by atoms with Crippen LogP contribution in [-0.4, -0.2) is 0 Å². The third-order valence-electron chi connectivity index (χ3n) is 2.35. The molecule has 0 spiro atoms. The first-order valence-electron chi connectivity index (χ1n) is 5.18. The van der Waals surface area contributed by atoms with Crippen molar-refractivity contribution in [3.05, 3.63) is 57.3 Å². The molecule has 2 nitrogen and oxygen atoms in total. The fourth-order valence-electron chi connectivity index (χ4n) is 1.44. The summed E-state index contributed by atoms with van der Waals surface area (Å²) in [6.07, 6.45) is 0. The fraction of sp³-hybridized carbons (Fsp3) is 0.0769. The van der Waals surface area contributed by atoms with Gasteiger partial charge in [-0.05, 0) is 36.4 Å². The Morgan fingerprint density at radius 1 is 1.22 bits per heavy atom. The maximum Gasteiger partial charge on any atom is 0.138 e. The van der Waals surface area contributed by atoms with Crippen LogP contribution >= 0.6 is 27.5 Å². The minimum Gasteiger partial charge on any atom is -0.487 e. The number of nitrogens with two attached hydrogens (primary N) is 1. The quantitative estimate of drug-likeness (QED) is 0.846. The Bertz CT molecular complexity index is 577. The van der Waals surface area contributed by atoms with Crippen molar-refractivity contribution in [3.8, 4) is 5.75 Å². The summed E-state index contributed by atoms with van der Waals surface area (Å²) in [6.45, 7) is 0.224. The van der Waals surface area contributed by atoms with E-state index in [1.165, 1.54) is 12.1 Å². The molecule has 0 aromatic heterocycles. The Labute approximate surface area is 118 Å². The summed E-state index contributed by atoms with van der Waals surface area (Å²) in [4.78, 5) is 0. The van der Waals surface area contributed by atoms with Crippen molar-refractivity contribution in [3.63, 3.8) is 0 Å². The molecular formula is C13H10BrClFNO. The first-order valence-corrected chi connectivity index (χ1v) is 6.35. The zero-order chi connectivity index (χ0) is 13.1. The van der Waals surface area contributed by atoms with Crippen molar-refractivity contribution in [2.24, 2.45) is 0 Å². The maximum atomic E-state index is 13.1. The summed E-state index contributed by atoms with van der Waals surface area (Å²) < 4.78 is 19.4. The molecule has 0 atom stereocenters. The average Bonchev–Trinajstić information content (AvgIpc) is 2.32. The van der Waals surface area contributed by atoms with E-state index in [0.29, 0.717) is 22.0 Å². The van der Waals surface area contributed by atoms with E-state index in [1.54, 1.807) is 24.3 Å². The second kappa shape index (κ2) is 5.59. The molecule has 0 aliphatic rings. The molecule has 94 valence electrons. The highest BCUT2D eigenvalue weighted by atomic mass is 79.9. The second-order valence-corrected chi connectivity index (χ2v) is 4.98. The molecule has 2 aromatic carbocycles. The van der Waals surface area contributed by atoms with E-state index in [9.17, 15) is 4.39 Å². The molecule has 0 saturated carbocycles. The van der Waals surface area contributed by atoms with E-state index in [2.05, 4.69) is 15.9 Å². The number of hydrogen-bond acceptors (Lipinski definition) is 2. The summed E-state index contributed by atoms with van der Waals surface area (Å²) in [5.74, 6) is 0.210. The first-order chi connectivity index (χ1) is 8.56. The number of nitrogen functional groups attached to an aromatic ring is 1. The molecule has 2 N–H and O–H groups in total. The molecule has 2 aromatic rings. The van der Waals surface area contributed by atoms with Crippen LogP contribution in [-0.2, 0) is 6.61 Å². The molecule has 0 aliphatic heterocycles. The van der Waals surface area contributed by atoms with Crippen molar-refractivity contribution < 1.29 is 9.13 Å². The molecule has 5 heteroatoms. The van der Waals surface area contributed by atoms with Crippen molar-refractivity contribution in [2.75, 3.05) is 5.73 Å². The Kier molecular flexibility index (Phi) is 4.09. The Balaban J connectivity index is 2.13. The topological polar surface area (TPSA) is 35.2 Å². The first kappa shape index (κ1) is 13.2. The van der Waals surface area contributed by atoms with Gasteiger partial charge in [0.15, 0.2) is 0 Å². The average molecular weight is 331 g/mol. The van der Waals surface area contributed by atoms with Crippen LogP contribution in [0.15, 0.2) is 40.9 Å². The van der Waals surface area contributed by atoms with Gasteiger partial charge in [-0.1, -0.05) is 27.5 Å². The van der Waals surface area contributed by atoms with Gasteiger partial charge in [-0.2, -0.15) is 0 Å². The summed E-state index contributed by atoms with van der Waals surface area (Å²) in [6, 6.07) is 9.42. The number of halogens is 3. The van der Waals surface area contributed by atoms with Gasteiger partial charge in [0.25, 0.3) is 0 Å².